The highest BCUT2D eigenvalue weighted by Gasteiger charge is 2.14. The first kappa shape index (κ1) is 71.5. The number of phenols is 6. The number of benzene rings is 7. The van der Waals surface area contributed by atoms with Crippen LogP contribution >= 0.6 is 0 Å². The molecule has 0 spiro atoms. The third kappa shape index (κ3) is 24.0. The van der Waals surface area contributed by atoms with Gasteiger partial charge in [-0.05, 0) is 122 Å². The fraction of sp³-hybridized carbons (Fsp3) is 0.167. The van der Waals surface area contributed by atoms with E-state index < -0.39 is 23.9 Å². The number of carbonyl (C=O) groups excluding carboxylic acids is 6. The zero-order valence-corrected chi connectivity index (χ0v) is 47.2. The van der Waals surface area contributed by atoms with E-state index in [1.54, 1.807) is 18.2 Å². The predicted molar refractivity (Wildman–Crippen MR) is 304 cm³/mol. The fourth-order valence-electron chi connectivity index (χ4n) is 6.09. The molecule has 25 heteroatoms. The largest absolute Gasteiger partial charge is 0.504 e. The Bertz CT molecular complexity index is 3330. The van der Waals surface area contributed by atoms with Crippen LogP contribution in [0.2, 0.25) is 0 Å². The number of hydrogen-bond acceptors (Lipinski definition) is 23. The van der Waals surface area contributed by atoms with Crippen molar-refractivity contribution in [3.63, 3.8) is 0 Å². The van der Waals surface area contributed by atoms with E-state index in [-0.39, 0.29) is 68.6 Å². The average molecular weight is 1180 g/mol. The lowest BCUT2D eigenvalue weighted by atomic mass is 10.2. The number of aromatic hydroxyl groups is 6. The van der Waals surface area contributed by atoms with Gasteiger partial charge in [0.25, 0.3) is 0 Å². The van der Waals surface area contributed by atoms with Crippen molar-refractivity contribution in [1.82, 2.24) is 0 Å². The maximum Gasteiger partial charge on any atom is 0.339 e. The van der Waals surface area contributed by atoms with Crippen LogP contribution in [0, 0.1) is 0 Å². The molecule has 0 saturated heterocycles. The first-order chi connectivity index (χ1) is 40.5. The Balaban J connectivity index is 0.000000496. The standard InChI is InChI=1S/C10H10O4.C9H10O4.C9H10O3.2C8H8O4.2C8H8O3/c1-7(12)14-9-4-3-8(6-11)5-10(9)13-2;1-12-8-5-6(9(11)13-2)3-4-7(8)10;1-2-12-9-5-7(6-10)3-4-8(9)11;1-12-7-4-5(8(10)11)2-3-6(7)9;1-12-6-4-2-3-5(7(6)9)8(10)11;1-11-8-4-6(5-9)2-3-7(8)10;1-11-8-6(5-9)3-2-4-7(8)10/h3-6H,1-2H3;3-5,10H,1-2H3;3-6,11H,2H2,1H3;2*2-4,9H,1H3,(H,10,11);2*2-5,10H,1H3. The maximum atomic E-state index is 11.0. The molecule has 0 aliphatic rings. The number of carboxylic acid groups (broad SMARTS) is 2. The Labute approximate surface area is 486 Å². The summed E-state index contributed by atoms with van der Waals surface area (Å²) >= 11 is 0. The van der Waals surface area contributed by atoms with E-state index in [0.29, 0.717) is 82.6 Å². The van der Waals surface area contributed by atoms with Gasteiger partial charge in [0.1, 0.15) is 24.4 Å². The number of ether oxygens (including phenoxy) is 9. The Morgan fingerprint density at radius 1 is 0.424 bits per heavy atom. The first-order valence-electron chi connectivity index (χ1n) is 24.0. The van der Waals surface area contributed by atoms with E-state index in [9.17, 15) is 53.7 Å². The Morgan fingerprint density at radius 2 is 0.859 bits per heavy atom. The number of methoxy groups -OCH3 is 7. The SMILES string of the molecule is CCOc1cc(C=O)ccc1O.COC(=O)c1ccc(O)c(OC)c1.COc1c(O)cccc1C=O.COc1cc(C(=O)O)ccc1O.COc1cc(C=O)ccc1O.COc1cc(C=O)ccc1OC(C)=O.COc1cccc(C(=O)O)c1O. The summed E-state index contributed by atoms with van der Waals surface area (Å²) in [6, 6.07) is 30.5. The maximum absolute atomic E-state index is 11.0. The van der Waals surface area contributed by atoms with E-state index in [1.165, 1.54) is 166 Å². The summed E-state index contributed by atoms with van der Waals surface area (Å²) in [4.78, 5) is 84.0. The molecule has 0 amide bonds. The molecule has 7 aromatic carbocycles. The van der Waals surface area contributed by atoms with Crippen LogP contribution in [0.4, 0.5) is 0 Å². The van der Waals surface area contributed by atoms with Gasteiger partial charge >= 0.3 is 23.9 Å². The fourth-order valence-corrected chi connectivity index (χ4v) is 6.09. The number of rotatable bonds is 16. The van der Waals surface area contributed by atoms with Crippen molar-refractivity contribution in [2.45, 2.75) is 13.8 Å². The van der Waals surface area contributed by atoms with Crippen LogP contribution in [0.5, 0.6) is 80.5 Å². The minimum atomic E-state index is -1.17. The summed E-state index contributed by atoms with van der Waals surface area (Å²) in [5.41, 5.74) is 2.08. The summed E-state index contributed by atoms with van der Waals surface area (Å²) < 4.78 is 43.2. The second-order valence-electron chi connectivity index (χ2n) is 15.7. The number of carboxylic acids is 2. The van der Waals surface area contributed by atoms with Gasteiger partial charge in [0, 0.05) is 23.6 Å². The summed E-state index contributed by atoms with van der Waals surface area (Å²) in [7, 11) is 9.71. The lowest BCUT2D eigenvalue weighted by molar-refractivity contribution is -0.132. The van der Waals surface area contributed by atoms with Gasteiger partial charge in [-0.2, -0.15) is 0 Å². The molecule has 85 heavy (non-hydrogen) atoms. The quantitative estimate of drug-likeness (QED) is 0.0254. The Hall–Kier alpha value is -11.5. The van der Waals surface area contributed by atoms with Crippen molar-refractivity contribution < 1.29 is 122 Å². The van der Waals surface area contributed by atoms with Gasteiger partial charge in [-0.15, -0.1) is 0 Å². The normalized spacial score (nSPS) is 9.33. The van der Waals surface area contributed by atoms with Crippen molar-refractivity contribution in [2.24, 2.45) is 0 Å². The third-order valence-electron chi connectivity index (χ3n) is 10.2. The summed E-state index contributed by atoms with van der Waals surface area (Å²) in [5.74, 6) is -1.30. The predicted octanol–water partition coefficient (Wildman–Crippen LogP) is 8.85. The van der Waals surface area contributed by atoms with Crippen LogP contribution in [0.25, 0.3) is 0 Å². The molecule has 7 rings (SSSR count). The van der Waals surface area contributed by atoms with Gasteiger partial charge in [-0.25, -0.2) is 14.4 Å². The van der Waals surface area contributed by atoms with Crippen molar-refractivity contribution in [1.29, 1.82) is 0 Å². The second kappa shape index (κ2) is 38.2. The monoisotopic (exact) mass is 1180 g/mol. The number of hydrogen-bond donors (Lipinski definition) is 8. The van der Waals surface area contributed by atoms with Crippen LogP contribution < -0.4 is 37.9 Å². The highest BCUT2D eigenvalue weighted by atomic mass is 16.6. The van der Waals surface area contributed by atoms with Crippen LogP contribution in [-0.4, -0.2) is 146 Å². The zero-order valence-electron chi connectivity index (χ0n) is 47.2. The molecular formula is C60H62O25. The van der Waals surface area contributed by atoms with Crippen LogP contribution in [0.15, 0.2) is 127 Å². The highest BCUT2D eigenvalue weighted by molar-refractivity contribution is 5.92. The molecule has 0 radical (unpaired) electrons. The van der Waals surface area contributed by atoms with Gasteiger partial charge in [0.2, 0.25) is 0 Å². The summed E-state index contributed by atoms with van der Waals surface area (Å²) in [6.07, 6.45) is 2.74. The number of esters is 2. The molecule has 0 aliphatic carbocycles. The molecule has 0 aromatic heterocycles. The topological polar surface area (TPSA) is 381 Å². The van der Waals surface area contributed by atoms with E-state index >= 15 is 0 Å². The number of para-hydroxylation sites is 2. The molecule has 0 fully saturated rings. The minimum absolute atomic E-state index is 0.00449. The van der Waals surface area contributed by atoms with Crippen molar-refractivity contribution in [3.8, 4) is 80.5 Å². The molecule has 0 heterocycles. The van der Waals surface area contributed by atoms with Gasteiger partial charge in [-0.3, -0.25) is 24.0 Å². The molecule has 0 bridgehead atoms. The van der Waals surface area contributed by atoms with Crippen LogP contribution in [0.3, 0.4) is 0 Å². The molecule has 0 unspecified atom stereocenters. The summed E-state index contributed by atoms with van der Waals surface area (Å²) in [6.45, 7) is 3.58. The lowest BCUT2D eigenvalue weighted by Crippen LogP contribution is -2.03. The van der Waals surface area contributed by atoms with Crippen molar-refractivity contribution >= 4 is 49.0 Å². The van der Waals surface area contributed by atoms with Gasteiger partial charge in [0.05, 0.1) is 73.1 Å². The minimum Gasteiger partial charge on any atom is -0.504 e. The second-order valence-corrected chi connectivity index (χ2v) is 15.7. The molecule has 25 nitrogen and oxygen atoms in total. The lowest BCUT2D eigenvalue weighted by Gasteiger charge is -2.07. The van der Waals surface area contributed by atoms with Gasteiger partial charge in [-0.1, -0.05) is 12.1 Å². The van der Waals surface area contributed by atoms with Crippen molar-refractivity contribution in [3.05, 3.63) is 166 Å². The molecule has 0 aliphatic heterocycles. The van der Waals surface area contributed by atoms with Crippen LogP contribution in [-0.2, 0) is 9.53 Å². The first-order valence-corrected chi connectivity index (χ1v) is 24.0. The Kier molecular flexibility index (Phi) is 32.1. The molecular weight excluding hydrogens is 1120 g/mol. The van der Waals surface area contributed by atoms with Crippen molar-refractivity contribution in [2.75, 3.05) is 56.4 Å². The van der Waals surface area contributed by atoms with E-state index in [0.717, 1.165) is 0 Å². The number of aldehydes is 4. The molecule has 0 saturated carbocycles. The smallest absolute Gasteiger partial charge is 0.339 e. The zero-order chi connectivity index (χ0) is 64.2. The highest BCUT2D eigenvalue weighted by Crippen LogP contribution is 2.32. The number of phenolic OH excluding ortho intramolecular Hbond substituents is 5. The average Bonchev–Trinajstić information content (AvgIpc) is 3.52. The molecule has 0 atom stereocenters. The van der Waals surface area contributed by atoms with E-state index in [2.05, 4.69) is 4.74 Å². The Morgan fingerprint density at radius 3 is 1.28 bits per heavy atom. The number of carbonyl (C=O) groups is 8. The number of aromatic carboxylic acids is 2. The van der Waals surface area contributed by atoms with E-state index in [4.69, 9.17) is 63.4 Å². The molecule has 8 N–H and O–H groups in total. The molecule has 7 aromatic rings. The third-order valence-corrected chi connectivity index (χ3v) is 10.2. The van der Waals surface area contributed by atoms with Crippen LogP contribution in [0.1, 0.15) is 86.4 Å². The summed E-state index contributed by atoms with van der Waals surface area (Å²) in [5, 5.41) is 72.1. The van der Waals surface area contributed by atoms with E-state index in [1.807, 2.05) is 6.92 Å². The van der Waals surface area contributed by atoms with Gasteiger partial charge in [0.15, 0.2) is 86.8 Å². The van der Waals surface area contributed by atoms with Gasteiger partial charge < -0.3 is 83.5 Å². The molecule has 452 valence electrons.